The molecule has 0 amide bonds. The molecule has 7 aromatic carbocycles. The molecule has 0 radical (unpaired) electrons. The number of furan rings is 1. The van der Waals surface area contributed by atoms with E-state index in [2.05, 4.69) is 120 Å². The van der Waals surface area contributed by atoms with Crippen LogP contribution in [-0.2, 0) is 0 Å². The number of hydrogen-bond acceptors (Lipinski definition) is 4. The summed E-state index contributed by atoms with van der Waals surface area (Å²) in [6.45, 7) is 0. The van der Waals surface area contributed by atoms with Crippen LogP contribution >= 0.6 is 0 Å². The van der Waals surface area contributed by atoms with Gasteiger partial charge in [-0.1, -0.05) is 97.1 Å². The Morgan fingerprint density at radius 3 is 1.66 bits per heavy atom. The van der Waals surface area contributed by atoms with Crippen molar-refractivity contribution in [2.24, 2.45) is 0 Å². The van der Waals surface area contributed by atoms with Gasteiger partial charge in [-0.25, -0.2) is 4.98 Å². The van der Waals surface area contributed by atoms with E-state index in [0.717, 1.165) is 55.7 Å². The fourth-order valence-corrected chi connectivity index (χ4v) is 6.36. The fraction of sp³-hybridized carbons (Fsp3) is 0. The lowest BCUT2D eigenvalue weighted by Crippen LogP contribution is -2.09. The maximum atomic E-state index is 6.33. The van der Waals surface area contributed by atoms with Crippen molar-refractivity contribution in [2.45, 2.75) is 0 Å². The zero-order chi connectivity index (χ0) is 31.2. The van der Waals surface area contributed by atoms with Crippen LogP contribution in [0.15, 0.2) is 179 Å². The van der Waals surface area contributed by atoms with E-state index in [1.807, 2.05) is 54.6 Å². The predicted octanol–water partition coefficient (Wildman–Crippen LogP) is 12.2. The second kappa shape index (κ2) is 11.2. The van der Waals surface area contributed by atoms with Crippen LogP contribution in [-0.4, -0.2) is 4.98 Å². The quantitative estimate of drug-likeness (QED) is 0.189. The highest BCUT2D eigenvalue weighted by atomic mass is 16.4. The average Bonchev–Trinajstić information content (AvgIpc) is 3.73. The first-order chi connectivity index (χ1) is 23.3. The van der Waals surface area contributed by atoms with Gasteiger partial charge in [0.2, 0.25) is 5.89 Å². The van der Waals surface area contributed by atoms with Gasteiger partial charge < -0.3 is 13.7 Å². The monoisotopic (exact) mass is 604 g/mol. The molecular formula is C43H28N2O2. The summed E-state index contributed by atoms with van der Waals surface area (Å²) in [6, 6.07) is 58.8. The topological polar surface area (TPSA) is 42.4 Å². The van der Waals surface area contributed by atoms with E-state index in [1.54, 1.807) is 0 Å². The Bertz CT molecular complexity index is 2500. The molecule has 9 aromatic rings. The third-order valence-corrected chi connectivity index (χ3v) is 8.68. The Morgan fingerprint density at radius 2 is 0.936 bits per heavy atom. The maximum Gasteiger partial charge on any atom is 0.227 e. The van der Waals surface area contributed by atoms with Gasteiger partial charge in [-0.2, -0.15) is 0 Å². The number of benzene rings is 7. The molecule has 4 heteroatoms. The number of nitrogens with zero attached hydrogens (tertiary/aromatic N) is 2. The smallest absolute Gasteiger partial charge is 0.227 e. The summed E-state index contributed by atoms with van der Waals surface area (Å²) in [5.74, 6) is 0.601. The van der Waals surface area contributed by atoms with Gasteiger partial charge in [0.25, 0.3) is 0 Å². The second-order valence-corrected chi connectivity index (χ2v) is 11.6. The molecular weight excluding hydrogens is 576 g/mol. The van der Waals surface area contributed by atoms with Crippen molar-refractivity contribution in [2.75, 3.05) is 4.90 Å². The highest BCUT2D eigenvalue weighted by Crippen LogP contribution is 2.40. The number of hydrogen-bond donors (Lipinski definition) is 0. The molecule has 0 N–H and O–H groups in total. The molecule has 0 saturated heterocycles. The molecule has 0 unspecified atom stereocenters. The third-order valence-electron chi connectivity index (χ3n) is 8.68. The summed E-state index contributed by atoms with van der Waals surface area (Å²) in [5.41, 5.74) is 12.0. The van der Waals surface area contributed by atoms with Crippen molar-refractivity contribution in [3.63, 3.8) is 0 Å². The molecule has 0 bridgehead atoms. The van der Waals surface area contributed by atoms with Gasteiger partial charge >= 0.3 is 0 Å². The van der Waals surface area contributed by atoms with Crippen molar-refractivity contribution in [1.82, 2.24) is 4.98 Å². The summed E-state index contributed by atoms with van der Waals surface area (Å²) in [7, 11) is 0. The average molecular weight is 605 g/mol. The molecule has 4 nitrogen and oxygen atoms in total. The predicted molar refractivity (Wildman–Crippen MR) is 192 cm³/mol. The molecule has 2 heterocycles. The number of fused-ring (bicyclic) bond motifs is 4. The lowest BCUT2D eigenvalue weighted by molar-refractivity contribution is 0.620. The SMILES string of the molecule is c1ccc(-c2cccc(-c3ccc(N(c4ccccc4)c4ccc5oc6cc7nc(-c8ccccc8)oc7cc6c5c4)cc3)c2)cc1. The van der Waals surface area contributed by atoms with Crippen LogP contribution in [0, 0.1) is 0 Å². The van der Waals surface area contributed by atoms with Crippen LogP contribution in [0.4, 0.5) is 17.1 Å². The van der Waals surface area contributed by atoms with Crippen molar-refractivity contribution < 1.29 is 8.83 Å². The molecule has 0 spiro atoms. The Balaban J connectivity index is 1.12. The second-order valence-electron chi connectivity index (χ2n) is 11.6. The number of rotatable bonds is 6. The van der Waals surface area contributed by atoms with Gasteiger partial charge in [0, 0.05) is 39.5 Å². The van der Waals surface area contributed by atoms with E-state index >= 15 is 0 Å². The molecule has 0 aliphatic carbocycles. The Labute approximate surface area is 271 Å². The van der Waals surface area contributed by atoms with E-state index in [0.29, 0.717) is 5.89 Å². The normalized spacial score (nSPS) is 11.4. The van der Waals surface area contributed by atoms with E-state index in [-0.39, 0.29) is 0 Å². The molecule has 222 valence electrons. The van der Waals surface area contributed by atoms with Crippen LogP contribution in [0.1, 0.15) is 0 Å². The lowest BCUT2D eigenvalue weighted by atomic mass is 9.99. The summed E-state index contributed by atoms with van der Waals surface area (Å²) in [5, 5.41) is 2.01. The van der Waals surface area contributed by atoms with Crippen molar-refractivity contribution in [3.05, 3.63) is 170 Å². The summed E-state index contributed by atoms with van der Waals surface area (Å²) < 4.78 is 12.5. The zero-order valence-electron chi connectivity index (χ0n) is 25.4. The first-order valence-corrected chi connectivity index (χ1v) is 15.7. The summed E-state index contributed by atoms with van der Waals surface area (Å²) >= 11 is 0. The van der Waals surface area contributed by atoms with Crippen molar-refractivity contribution in [3.8, 4) is 33.7 Å². The van der Waals surface area contributed by atoms with Crippen LogP contribution in [0.3, 0.4) is 0 Å². The first-order valence-electron chi connectivity index (χ1n) is 15.7. The third kappa shape index (κ3) is 4.93. The van der Waals surface area contributed by atoms with Gasteiger partial charge in [0.1, 0.15) is 16.7 Å². The van der Waals surface area contributed by atoms with Gasteiger partial charge in [-0.05, 0) is 89.0 Å². The van der Waals surface area contributed by atoms with Crippen molar-refractivity contribution >= 4 is 50.1 Å². The minimum absolute atomic E-state index is 0.601. The maximum absolute atomic E-state index is 6.33. The Morgan fingerprint density at radius 1 is 0.362 bits per heavy atom. The Hall–Kier alpha value is -6.39. The fourth-order valence-electron chi connectivity index (χ4n) is 6.36. The summed E-state index contributed by atoms with van der Waals surface area (Å²) in [4.78, 5) is 7.02. The minimum Gasteiger partial charge on any atom is -0.456 e. The number of oxazole rings is 1. The zero-order valence-corrected chi connectivity index (χ0v) is 25.4. The van der Waals surface area contributed by atoms with E-state index < -0.39 is 0 Å². The van der Waals surface area contributed by atoms with E-state index in [9.17, 15) is 0 Å². The summed E-state index contributed by atoms with van der Waals surface area (Å²) in [6.07, 6.45) is 0. The van der Waals surface area contributed by atoms with Crippen LogP contribution < -0.4 is 4.90 Å². The highest BCUT2D eigenvalue weighted by molar-refractivity contribution is 6.10. The molecule has 0 aliphatic heterocycles. The molecule has 0 saturated carbocycles. The lowest BCUT2D eigenvalue weighted by Gasteiger charge is -2.25. The first kappa shape index (κ1) is 27.0. The van der Waals surface area contributed by atoms with Gasteiger partial charge in [-0.3, -0.25) is 0 Å². The largest absolute Gasteiger partial charge is 0.456 e. The van der Waals surface area contributed by atoms with Crippen LogP contribution in [0.5, 0.6) is 0 Å². The highest BCUT2D eigenvalue weighted by Gasteiger charge is 2.18. The Kier molecular flexibility index (Phi) is 6.43. The number of anilines is 3. The molecule has 2 aromatic heterocycles. The molecule has 0 atom stereocenters. The van der Waals surface area contributed by atoms with E-state index in [4.69, 9.17) is 13.8 Å². The van der Waals surface area contributed by atoms with Crippen LogP contribution in [0.2, 0.25) is 0 Å². The van der Waals surface area contributed by atoms with E-state index in [1.165, 1.54) is 22.3 Å². The molecule has 9 rings (SSSR count). The van der Waals surface area contributed by atoms with Crippen LogP contribution in [0.25, 0.3) is 66.7 Å². The van der Waals surface area contributed by atoms with Crippen molar-refractivity contribution in [1.29, 1.82) is 0 Å². The molecule has 0 fully saturated rings. The van der Waals surface area contributed by atoms with Gasteiger partial charge in [0.15, 0.2) is 5.58 Å². The standard InChI is InChI=1S/C43H28N2O2/c1-4-11-29(12-5-1)32-15-10-16-33(25-32)30-19-21-35(22-20-30)45(34-17-8-3-9-18-34)36-23-24-40-37(26-36)38-27-42-39(28-41(38)46-40)44-43(47-42)31-13-6-2-7-14-31/h1-28H. The minimum atomic E-state index is 0.601. The van der Waals surface area contributed by atoms with Gasteiger partial charge in [-0.15, -0.1) is 0 Å². The molecule has 0 aliphatic rings. The van der Waals surface area contributed by atoms with Gasteiger partial charge in [0.05, 0.1) is 0 Å². The number of aromatic nitrogens is 1. The molecule has 47 heavy (non-hydrogen) atoms. The number of para-hydroxylation sites is 1.